The van der Waals surface area contributed by atoms with Crippen molar-refractivity contribution in [2.75, 3.05) is 60.0 Å². The third-order valence-electron chi connectivity index (χ3n) is 4.04. The predicted molar refractivity (Wildman–Crippen MR) is 70.3 cm³/mol. The number of ether oxygens (including phenoxy) is 1. The van der Waals surface area contributed by atoms with Crippen LogP contribution in [0.25, 0.3) is 0 Å². The highest BCUT2D eigenvalue weighted by Gasteiger charge is 2.29. The maximum Gasteiger partial charge on any atom is 0.0597 e. The molecule has 0 amide bonds. The van der Waals surface area contributed by atoms with Gasteiger partial charge in [-0.15, -0.1) is 0 Å². The summed E-state index contributed by atoms with van der Waals surface area (Å²) in [6, 6.07) is 0. The van der Waals surface area contributed by atoms with E-state index in [1.807, 2.05) is 7.05 Å². The van der Waals surface area contributed by atoms with Crippen LogP contribution in [0.4, 0.5) is 0 Å². The Kier molecular flexibility index (Phi) is 5.22. The van der Waals surface area contributed by atoms with Crippen LogP contribution in [-0.2, 0) is 4.74 Å². The largest absolute Gasteiger partial charge is 0.377 e. The lowest BCUT2D eigenvalue weighted by Gasteiger charge is -2.36. The molecule has 4 heteroatoms. The lowest BCUT2D eigenvalue weighted by atomic mass is 9.82. The highest BCUT2D eigenvalue weighted by Crippen LogP contribution is 2.29. The van der Waals surface area contributed by atoms with Crippen LogP contribution in [0.2, 0.25) is 0 Å². The highest BCUT2D eigenvalue weighted by molar-refractivity contribution is 4.81. The van der Waals surface area contributed by atoms with Gasteiger partial charge in [0, 0.05) is 32.7 Å². The summed E-state index contributed by atoms with van der Waals surface area (Å²) in [5, 5.41) is 3.23. The molecule has 1 aliphatic heterocycles. The monoisotopic (exact) mass is 241 g/mol. The molecule has 1 aliphatic carbocycles. The quantitative estimate of drug-likeness (QED) is 0.721. The molecule has 0 aromatic heterocycles. The van der Waals surface area contributed by atoms with Gasteiger partial charge >= 0.3 is 0 Å². The van der Waals surface area contributed by atoms with Gasteiger partial charge in [0.05, 0.1) is 12.7 Å². The lowest BCUT2D eigenvalue weighted by Crippen LogP contribution is -2.46. The standard InChI is InChI=1S/C13H27N3O/c1-14-11-12-9-13(10-12)17-8-7-16-5-3-15(2)4-6-16/h12-14H,3-11H2,1-2H3. The highest BCUT2D eigenvalue weighted by atomic mass is 16.5. The van der Waals surface area contributed by atoms with Crippen LogP contribution in [-0.4, -0.2) is 75.9 Å². The van der Waals surface area contributed by atoms with Gasteiger partial charge in [0.1, 0.15) is 0 Å². The minimum atomic E-state index is 0.542. The van der Waals surface area contributed by atoms with Gasteiger partial charge in [-0.2, -0.15) is 0 Å². The van der Waals surface area contributed by atoms with Crippen LogP contribution in [0.15, 0.2) is 0 Å². The van der Waals surface area contributed by atoms with E-state index in [1.54, 1.807) is 0 Å². The molecule has 4 nitrogen and oxygen atoms in total. The van der Waals surface area contributed by atoms with Gasteiger partial charge < -0.3 is 15.0 Å². The Morgan fingerprint density at radius 2 is 1.88 bits per heavy atom. The van der Waals surface area contributed by atoms with Gasteiger partial charge in [0.2, 0.25) is 0 Å². The first-order chi connectivity index (χ1) is 8.28. The summed E-state index contributed by atoms with van der Waals surface area (Å²) in [6.07, 6.45) is 3.05. The summed E-state index contributed by atoms with van der Waals surface area (Å²) < 4.78 is 5.90. The first-order valence-electron chi connectivity index (χ1n) is 6.95. The van der Waals surface area contributed by atoms with E-state index in [0.717, 1.165) is 25.6 Å². The van der Waals surface area contributed by atoms with Crippen LogP contribution in [0.1, 0.15) is 12.8 Å². The molecule has 0 aromatic rings. The number of hydrogen-bond donors (Lipinski definition) is 1. The molecule has 0 atom stereocenters. The molecule has 2 aliphatic rings. The number of piperazine rings is 1. The van der Waals surface area contributed by atoms with Gasteiger partial charge in [0.25, 0.3) is 0 Å². The SMILES string of the molecule is CNCC1CC(OCCN2CCN(C)CC2)C1. The van der Waals surface area contributed by atoms with Crippen LogP contribution in [0.3, 0.4) is 0 Å². The number of hydrogen-bond acceptors (Lipinski definition) is 4. The average Bonchev–Trinajstić information content (AvgIpc) is 2.28. The minimum absolute atomic E-state index is 0.542. The smallest absolute Gasteiger partial charge is 0.0597 e. The Morgan fingerprint density at radius 3 is 2.53 bits per heavy atom. The van der Waals surface area contributed by atoms with E-state index in [4.69, 9.17) is 4.74 Å². The van der Waals surface area contributed by atoms with Crippen molar-refractivity contribution in [2.24, 2.45) is 5.92 Å². The fraction of sp³-hybridized carbons (Fsp3) is 1.00. The second-order valence-electron chi connectivity index (χ2n) is 5.53. The first kappa shape index (κ1) is 13.3. The van der Waals surface area contributed by atoms with E-state index in [1.165, 1.54) is 39.0 Å². The molecule has 1 saturated carbocycles. The number of rotatable bonds is 6. The Balaban J connectivity index is 1.47. The fourth-order valence-electron chi connectivity index (χ4n) is 2.69. The van der Waals surface area contributed by atoms with Crippen LogP contribution in [0, 0.1) is 5.92 Å². The molecule has 0 aromatic carbocycles. The van der Waals surface area contributed by atoms with E-state index in [-0.39, 0.29) is 0 Å². The van der Waals surface area contributed by atoms with Gasteiger partial charge in [-0.1, -0.05) is 0 Å². The van der Waals surface area contributed by atoms with Crippen molar-refractivity contribution in [3.8, 4) is 0 Å². The van der Waals surface area contributed by atoms with Gasteiger partial charge in [0.15, 0.2) is 0 Å². The second kappa shape index (κ2) is 6.69. The fourth-order valence-corrected chi connectivity index (χ4v) is 2.69. The van der Waals surface area contributed by atoms with Crippen molar-refractivity contribution < 1.29 is 4.74 Å². The maximum atomic E-state index is 5.90. The Hall–Kier alpha value is -0.160. The summed E-state index contributed by atoms with van der Waals surface area (Å²) in [5.41, 5.74) is 0. The minimum Gasteiger partial charge on any atom is -0.377 e. The number of nitrogens with zero attached hydrogens (tertiary/aromatic N) is 2. The Morgan fingerprint density at radius 1 is 1.18 bits per heavy atom. The predicted octanol–water partition coefficient (Wildman–Crippen LogP) is 0.248. The van der Waals surface area contributed by atoms with Crippen molar-refractivity contribution in [3.63, 3.8) is 0 Å². The molecule has 17 heavy (non-hydrogen) atoms. The van der Waals surface area contributed by atoms with Crippen molar-refractivity contribution in [1.82, 2.24) is 15.1 Å². The van der Waals surface area contributed by atoms with Crippen LogP contribution in [0.5, 0.6) is 0 Å². The Labute approximate surface area is 105 Å². The molecular weight excluding hydrogens is 214 g/mol. The number of likely N-dealkylation sites (N-methyl/N-ethyl adjacent to an activating group) is 1. The van der Waals surface area contributed by atoms with Gasteiger partial charge in [-0.25, -0.2) is 0 Å². The van der Waals surface area contributed by atoms with Gasteiger partial charge in [-0.05, 0) is 39.4 Å². The van der Waals surface area contributed by atoms with E-state index in [9.17, 15) is 0 Å². The third kappa shape index (κ3) is 4.21. The zero-order chi connectivity index (χ0) is 12.1. The molecule has 1 N–H and O–H groups in total. The zero-order valence-electron chi connectivity index (χ0n) is 11.3. The first-order valence-corrected chi connectivity index (χ1v) is 6.95. The third-order valence-corrected chi connectivity index (χ3v) is 4.04. The molecule has 0 spiro atoms. The summed E-state index contributed by atoms with van der Waals surface area (Å²) in [5.74, 6) is 0.855. The molecule has 0 unspecified atom stereocenters. The van der Waals surface area contributed by atoms with Gasteiger partial charge in [-0.3, -0.25) is 4.90 Å². The maximum absolute atomic E-state index is 5.90. The molecular formula is C13H27N3O. The van der Waals surface area contributed by atoms with E-state index in [0.29, 0.717) is 6.10 Å². The molecule has 1 saturated heterocycles. The number of nitrogens with one attached hydrogen (secondary N) is 1. The molecule has 0 bridgehead atoms. The summed E-state index contributed by atoms with van der Waals surface area (Å²) >= 11 is 0. The van der Waals surface area contributed by atoms with Crippen molar-refractivity contribution in [1.29, 1.82) is 0 Å². The summed E-state index contributed by atoms with van der Waals surface area (Å²) in [7, 11) is 4.23. The summed E-state index contributed by atoms with van der Waals surface area (Å²) in [6.45, 7) is 7.99. The molecule has 1 heterocycles. The average molecular weight is 241 g/mol. The van der Waals surface area contributed by atoms with E-state index < -0.39 is 0 Å². The zero-order valence-corrected chi connectivity index (χ0v) is 11.3. The van der Waals surface area contributed by atoms with Crippen LogP contribution < -0.4 is 5.32 Å². The van der Waals surface area contributed by atoms with Crippen molar-refractivity contribution in [3.05, 3.63) is 0 Å². The Bertz CT molecular complexity index is 211. The van der Waals surface area contributed by atoms with E-state index in [2.05, 4.69) is 22.2 Å². The second-order valence-corrected chi connectivity index (χ2v) is 5.53. The normalized spacial score (nSPS) is 31.4. The molecule has 100 valence electrons. The molecule has 2 rings (SSSR count). The summed E-state index contributed by atoms with van der Waals surface area (Å²) in [4.78, 5) is 4.91. The van der Waals surface area contributed by atoms with Crippen molar-refractivity contribution >= 4 is 0 Å². The van der Waals surface area contributed by atoms with Crippen molar-refractivity contribution in [2.45, 2.75) is 18.9 Å². The lowest BCUT2D eigenvalue weighted by molar-refractivity contribution is -0.0387. The molecule has 0 radical (unpaired) electrons. The van der Waals surface area contributed by atoms with Crippen LogP contribution >= 0.6 is 0 Å². The topological polar surface area (TPSA) is 27.7 Å². The van der Waals surface area contributed by atoms with E-state index >= 15 is 0 Å². The molecule has 2 fully saturated rings.